The first-order chi connectivity index (χ1) is 9.66. The number of nitrogens with two attached hydrogens (primary N) is 1. The number of hydrogen-bond donors (Lipinski definition) is 2. The molecule has 0 amide bonds. The lowest BCUT2D eigenvalue weighted by Crippen LogP contribution is -2.37. The number of anilines is 1. The molecule has 1 aromatic carbocycles. The van der Waals surface area contributed by atoms with Gasteiger partial charge in [0.1, 0.15) is 10.8 Å². The number of thiocarbonyl (C=S) groups is 1. The molecule has 2 rings (SSSR count). The third-order valence-corrected chi connectivity index (χ3v) is 3.54. The molecule has 0 spiro atoms. The molecule has 1 aromatic rings. The van der Waals surface area contributed by atoms with Crippen molar-refractivity contribution in [2.45, 2.75) is 6.42 Å². The maximum Gasteiger partial charge on any atom is 0.135 e. The molecular weight excluding hydrogens is 277 g/mol. The van der Waals surface area contributed by atoms with Crippen molar-refractivity contribution in [1.82, 2.24) is 4.90 Å². The molecule has 1 saturated heterocycles. The molecule has 0 aromatic heterocycles. The van der Waals surface area contributed by atoms with Crippen LogP contribution in [0.3, 0.4) is 0 Å². The highest BCUT2D eigenvalue weighted by atomic mass is 32.1. The molecule has 0 atom stereocenters. The Morgan fingerprint density at radius 3 is 2.80 bits per heavy atom. The third kappa shape index (κ3) is 4.40. The van der Waals surface area contributed by atoms with E-state index in [9.17, 15) is 4.39 Å². The molecule has 1 heterocycles. The van der Waals surface area contributed by atoms with Crippen molar-refractivity contribution in [3.05, 3.63) is 29.6 Å². The number of hydrogen-bond acceptors (Lipinski definition) is 4. The van der Waals surface area contributed by atoms with Crippen LogP contribution in [0.15, 0.2) is 18.2 Å². The maximum absolute atomic E-state index is 13.7. The van der Waals surface area contributed by atoms with Crippen LogP contribution < -0.4 is 11.1 Å². The van der Waals surface area contributed by atoms with Crippen LogP contribution in [0, 0.1) is 5.82 Å². The van der Waals surface area contributed by atoms with E-state index in [1.807, 2.05) is 0 Å². The van der Waals surface area contributed by atoms with Gasteiger partial charge in [-0.05, 0) is 31.2 Å². The van der Waals surface area contributed by atoms with Crippen LogP contribution in [-0.2, 0) is 4.74 Å². The van der Waals surface area contributed by atoms with Gasteiger partial charge in [0.15, 0.2) is 0 Å². The third-order valence-electron chi connectivity index (χ3n) is 3.32. The molecule has 0 saturated carbocycles. The fourth-order valence-corrected chi connectivity index (χ4v) is 2.35. The van der Waals surface area contributed by atoms with E-state index in [0.717, 1.165) is 51.5 Å². The minimum Gasteiger partial charge on any atom is -0.389 e. The van der Waals surface area contributed by atoms with Crippen molar-refractivity contribution in [3.63, 3.8) is 0 Å². The molecule has 0 unspecified atom stereocenters. The zero-order chi connectivity index (χ0) is 14.4. The van der Waals surface area contributed by atoms with Crippen molar-refractivity contribution in [2.24, 2.45) is 5.73 Å². The fourth-order valence-electron chi connectivity index (χ4n) is 2.19. The number of nitrogens with zero attached hydrogens (tertiary/aromatic N) is 1. The molecule has 1 aliphatic rings. The number of halogens is 1. The maximum atomic E-state index is 13.7. The van der Waals surface area contributed by atoms with E-state index in [0.29, 0.717) is 5.56 Å². The quantitative estimate of drug-likeness (QED) is 0.617. The Morgan fingerprint density at radius 2 is 2.15 bits per heavy atom. The van der Waals surface area contributed by atoms with E-state index in [-0.39, 0.29) is 10.8 Å². The molecule has 110 valence electrons. The minimum atomic E-state index is -0.379. The Bertz CT molecular complexity index is 464. The van der Waals surface area contributed by atoms with E-state index >= 15 is 0 Å². The van der Waals surface area contributed by atoms with Crippen LogP contribution in [0.5, 0.6) is 0 Å². The number of benzene rings is 1. The first-order valence-corrected chi connectivity index (χ1v) is 7.21. The second-order valence-corrected chi connectivity index (χ2v) is 5.23. The Labute approximate surface area is 124 Å². The van der Waals surface area contributed by atoms with Gasteiger partial charge in [0.2, 0.25) is 0 Å². The van der Waals surface area contributed by atoms with Crippen molar-refractivity contribution >= 4 is 22.9 Å². The van der Waals surface area contributed by atoms with Gasteiger partial charge in [-0.25, -0.2) is 4.39 Å². The SMILES string of the molecule is NC(=S)c1ccc(NCCCN2CCOCC2)cc1F. The molecule has 6 heteroatoms. The van der Waals surface area contributed by atoms with Crippen molar-refractivity contribution in [3.8, 4) is 0 Å². The number of morpholine rings is 1. The molecule has 3 N–H and O–H groups in total. The highest BCUT2D eigenvalue weighted by Gasteiger charge is 2.09. The highest BCUT2D eigenvalue weighted by Crippen LogP contribution is 2.14. The van der Waals surface area contributed by atoms with Crippen LogP contribution in [-0.4, -0.2) is 49.3 Å². The highest BCUT2D eigenvalue weighted by molar-refractivity contribution is 7.80. The van der Waals surface area contributed by atoms with Gasteiger partial charge in [-0.1, -0.05) is 12.2 Å². The first-order valence-electron chi connectivity index (χ1n) is 6.80. The van der Waals surface area contributed by atoms with E-state index in [1.54, 1.807) is 12.1 Å². The Morgan fingerprint density at radius 1 is 1.40 bits per heavy atom. The summed E-state index contributed by atoms with van der Waals surface area (Å²) in [6.45, 7) is 5.47. The summed E-state index contributed by atoms with van der Waals surface area (Å²) in [5, 5.41) is 3.21. The summed E-state index contributed by atoms with van der Waals surface area (Å²) in [5.41, 5.74) is 6.47. The smallest absolute Gasteiger partial charge is 0.135 e. The molecular formula is C14H20FN3OS. The van der Waals surface area contributed by atoms with Crippen molar-refractivity contribution in [1.29, 1.82) is 0 Å². The first kappa shape index (κ1) is 15.2. The Kier molecular flexibility index (Phi) is 5.70. The molecule has 0 bridgehead atoms. The van der Waals surface area contributed by atoms with E-state index in [1.165, 1.54) is 6.07 Å². The zero-order valence-corrected chi connectivity index (χ0v) is 12.2. The van der Waals surface area contributed by atoms with E-state index < -0.39 is 0 Å². The van der Waals surface area contributed by atoms with Crippen LogP contribution in [0.1, 0.15) is 12.0 Å². The number of nitrogens with one attached hydrogen (secondary N) is 1. The van der Waals surface area contributed by atoms with Gasteiger partial charge < -0.3 is 15.8 Å². The summed E-state index contributed by atoms with van der Waals surface area (Å²) >= 11 is 4.77. The summed E-state index contributed by atoms with van der Waals surface area (Å²) in [6.07, 6.45) is 1.01. The molecule has 1 aliphatic heterocycles. The van der Waals surface area contributed by atoms with Gasteiger partial charge in [0.25, 0.3) is 0 Å². The van der Waals surface area contributed by atoms with E-state index in [2.05, 4.69) is 10.2 Å². The van der Waals surface area contributed by atoms with Gasteiger partial charge in [0.05, 0.1) is 13.2 Å². The summed E-state index contributed by atoms with van der Waals surface area (Å²) in [5.74, 6) is -0.379. The second-order valence-electron chi connectivity index (χ2n) is 4.79. The van der Waals surface area contributed by atoms with Crippen LogP contribution in [0.25, 0.3) is 0 Å². The number of ether oxygens (including phenoxy) is 1. The van der Waals surface area contributed by atoms with Crippen LogP contribution in [0.2, 0.25) is 0 Å². The molecule has 4 nitrogen and oxygen atoms in total. The predicted molar refractivity (Wildman–Crippen MR) is 82.7 cm³/mol. The summed E-state index contributed by atoms with van der Waals surface area (Å²) in [7, 11) is 0. The second kappa shape index (κ2) is 7.52. The summed E-state index contributed by atoms with van der Waals surface area (Å²) in [6, 6.07) is 4.84. The van der Waals surface area contributed by atoms with Gasteiger partial charge in [-0.15, -0.1) is 0 Å². The van der Waals surface area contributed by atoms with Gasteiger partial charge in [0, 0.05) is 30.9 Å². The van der Waals surface area contributed by atoms with Gasteiger partial charge in [-0.3, -0.25) is 4.90 Å². The fraction of sp³-hybridized carbons (Fsp3) is 0.500. The minimum absolute atomic E-state index is 0.0846. The topological polar surface area (TPSA) is 50.5 Å². The lowest BCUT2D eigenvalue weighted by molar-refractivity contribution is 0.0378. The summed E-state index contributed by atoms with van der Waals surface area (Å²) < 4.78 is 19.0. The lowest BCUT2D eigenvalue weighted by Gasteiger charge is -2.26. The molecule has 0 radical (unpaired) electrons. The average molecular weight is 297 g/mol. The molecule has 1 fully saturated rings. The normalized spacial score (nSPS) is 16.1. The van der Waals surface area contributed by atoms with Crippen molar-refractivity contribution in [2.75, 3.05) is 44.7 Å². The largest absolute Gasteiger partial charge is 0.389 e. The monoisotopic (exact) mass is 297 g/mol. The molecule has 0 aliphatic carbocycles. The Balaban J connectivity index is 1.73. The van der Waals surface area contributed by atoms with Gasteiger partial charge >= 0.3 is 0 Å². The average Bonchev–Trinajstić information content (AvgIpc) is 2.44. The number of rotatable bonds is 6. The van der Waals surface area contributed by atoms with Gasteiger partial charge in [-0.2, -0.15) is 0 Å². The lowest BCUT2D eigenvalue weighted by atomic mass is 10.2. The van der Waals surface area contributed by atoms with E-state index in [4.69, 9.17) is 22.7 Å². The predicted octanol–water partition coefficient (Wildman–Crippen LogP) is 1.59. The van der Waals surface area contributed by atoms with Crippen LogP contribution >= 0.6 is 12.2 Å². The Hall–Kier alpha value is -1.24. The summed E-state index contributed by atoms with van der Waals surface area (Å²) in [4.78, 5) is 2.46. The zero-order valence-electron chi connectivity index (χ0n) is 11.4. The van der Waals surface area contributed by atoms with Crippen LogP contribution in [0.4, 0.5) is 10.1 Å². The molecule has 20 heavy (non-hydrogen) atoms. The van der Waals surface area contributed by atoms with Crippen molar-refractivity contribution < 1.29 is 9.13 Å². The standard InChI is InChI=1S/C14H20FN3OS/c15-13-10-11(2-3-12(13)14(16)20)17-4-1-5-18-6-8-19-9-7-18/h2-3,10,17H,1,4-9H2,(H2,16,20).